The summed E-state index contributed by atoms with van der Waals surface area (Å²) in [4.78, 5) is 11.3. The largest absolute Gasteiger partial charge is 0.369 e. The summed E-state index contributed by atoms with van der Waals surface area (Å²) >= 11 is 0. The molecule has 4 nitrogen and oxygen atoms in total. The van der Waals surface area contributed by atoms with Crippen LogP contribution in [0.3, 0.4) is 0 Å². The van der Waals surface area contributed by atoms with Gasteiger partial charge in [-0.1, -0.05) is 12.8 Å². The van der Waals surface area contributed by atoms with E-state index >= 15 is 0 Å². The van der Waals surface area contributed by atoms with Crippen LogP contribution in [0, 0.1) is 23.7 Å². The highest BCUT2D eigenvalue weighted by atomic mass is 16.7. The van der Waals surface area contributed by atoms with Gasteiger partial charge in [-0.3, -0.25) is 4.79 Å². The highest BCUT2D eigenvalue weighted by Gasteiger charge is 2.32. The lowest BCUT2D eigenvalue weighted by atomic mass is 9.68. The van der Waals surface area contributed by atoms with Crippen LogP contribution in [-0.2, 0) is 14.3 Å². The topological polar surface area (TPSA) is 61.6 Å². The number of rotatable bonds is 5. The Bertz CT molecular complexity index is 351. The van der Waals surface area contributed by atoms with Crippen molar-refractivity contribution in [3.63, 3.8) is 0 Å². The van der Waals surface area contributed by atoms with Gasteiger partial charge in [-0.15, -0.1) is 0 Å². The van der Waals surface area contributed by atoms with Crippen LogP contribution in [0.5, 0.6) is 0 Å². The Hall–Kier alpha value is -0.610. The van der Waals surface area contributed by atoms with Gasteiger partial charge in [0.25, 0.3) is 0 Å². The molecule has 1 aliphatic heterocycles. The Balaban J connectivity index is 1.34. The first-order chi connectivity index (χ1) is 10.7. The molecule has 0 aromatic rings. The monoisotopic (exact) mass is 309 g/mol. The Labute approximate surface area is 134 Å². The minimum Gasteiger partial charge on any atom is -0.369 e. The van der Waals surface area contributed by atoms with Gasteiger partial charge in [0.05, 0.1) is 13.2 Å². The second kappa shape index (κ2) is 7.78. The van der Waals surface area contributed by atoms with Crippen molar-refractivity contribution in [3.05, 3.63) is 0 Å². The van der Waals surface area contributed by atoms with E-state index in [0.29, 0.717) is 0 Å². The third-order valence-corrected chi connectivity index (χ3v) is 6.23. The van der Waals surface area contributed by atoms with E-state index in [9.17, 15) is 4.79 Å². The molecule has 2 aliphatic carbocycles. The number of hydrogen-bond acceptors (Lipinski definition) is 3. The first-order valence-electron chi connectivity index (χ1n) is 9.25. The molecule has 1 heterocycles. The second-order valence-electron chi connectivity index (χ2n) is 7.54. The Morgan fingerprint density at radius 3 is 1.91 bits per heavy atom. The Morgan fingerprint density at radius 2 is 1.36 bits per heavy atom. The zero-order valence-corrected chi connectivity index (χ0v) is 13.7. The fraction of sp³-hybridized carbons (Fsp3) is 0.944. The van der Waals surface area contributed by atoms with E-state index in [-0.39, 0.29) is 18.1 Å². The average Bonchev–Trinajstić information content (AvgIpc) is 3.07. The lowest BCUT2D eigenvalue weighted by molar-refractivity contribution is -0.123. The molecule has 0 aromatic heterocycles. The van der Waals surface area contributed by atoms with E-state index in [1.807, 2.05) is 0 Å². The first kappa shape index (κ1) is 16.3. The molecule has 1 amide bonds. The van der Waals surface area contributed by atoms with Crippen molar-refractivity contribution >= 4 is 5.91 Å². The lowest BCUT2D eigenvalue weighted by Gasteiger charge is -2.37. The van der Waals surface area contributed by atoms with Gasteiger partial charge in [-0.2, -0.15) is 0 Å². The third kappa shape index (κ3) is 4.23. The SMILES string of the molecule is NC(=O)C1CCC([C@H]2CC[C@H](CCC3OCCO3)CC2)CC1. The molecule has 1 saturated heterocycles. The fourth-order valence-electron chi connectivity index (χ4n) is 4.77. The molecular formula is C18H31NO3. The zero-order valence-electron chi connectivity index (χ0n) is 13.7. The Kier molecular flexibility index (Phi) is 5.75. The molecule has 2 N–H and O–H groups in total. The number of primary amides is 1. The van der Waals surface area contributed by atoms with Gasteiger partial charge in [0.1, 0.15) is 0 Å². The van der Waals surface area contributed by atoms with Gasteiger partial charge < -0.3 is 15.2 Å². The highest BCUT2D eigenvalue weighted by Crippen LogP contribution is 2.42. The second-order valence-corrected chi connectivity index (χ2v) is 7.54. The molecule has 22 heavy (non-hydrogen) atoms. The van der Waals surface area contributed by atoms with Gasteiger partial charge in [0.15, 0.2) is 6.29 Å². The molecule has 4 heteroatoms. The van der Waals surface area contributed by atoms with Crippen LogP contribution in [0.15, 0.2) is 0 Å². The number of carbonyl (C=O) groups excluding carboxylic acids is 1. The maximum Gasteiger partial charge on any atom is 0.220 e. The molecule has 2 saturated carbocycles. The molecule has 0 unspecified atom stereocenters. The molecule has 0 bridgehead atoms. The summed E-state index contributed by atoms with van der Waals surface area (Å²) in [6.45, 7) is 1.54. The van der Waals surface area contributed by atoms with E-state index in [2.05, 4.69) is 0 Å². The van der Waals surface area contributed by atoms with Crippen molar-refractivity contribution in [1.82, 2.24) is 0 Å². The number of nitrogens with two attached hydrogens (primary N) is 1. The van der Waals surface area contributed by atoms with Crippen LogP contribution in [0.4, 0.5) is 0 Å². The summed E-state index contributed by atoms with van der Waals surface area (Å²) in [5, 5.41) is 0. The van der Waals surface area contributed by atoms with Gasteiger partial charge >= 0.3 is 0 Å². The van der Waals surface area contributed by atoms with Crippen molar-refractivity contribution in [3.8, 4) is 0 Å². The molecule has 3 rings (SSSR count). The van der Waals surface area contributed by atoms with Crippen LogP contribution < -0.4 is 5.73 Å². The van der Waals surface area contributed by atoms with E-state index in [0.717, 1.165) is 50.2 Å². The number of ether oxygens (including phenoxy) is 2. The standard InChI is InChI=1S/C18H31NO3/c19-18(20)16-8-6-15(7-9-16)14-4-1-13(2-5-14)3-10-17-21-11-12-22-17/h13-17H,1-12H2,(H2,19,20)/t13-,14-,15?,16?. The first-order valence-corrected chi connectivity index (χ1v) is 9.25. The molecule has 0 aromatic carbocycles. The van der Waals surface area contributed by atoms with Crippen LogP contribution in [0.1, 0.15) is 64.2 Å². The summed E-state index contributed by atoms with van der Waals surface area (Å²) in [5.41, 5.74) is 5.43. The average molecular weight is 309 g/mol. The minimum atomic E-state index is -0.0847. The summed E-state index contributed by atoms with van der Waals surface area (Å²) in [6.07, 6.45) is 12.4. The fourth-order valence-corrected chi connectivity index (χ4v) is 4.77. The minimum absolute atomic E-state index is 0.0711. The predicted octanol–water partition coefficient (Wildman–Crippen LogP) is 3.24. The van der Waals surface area contributed by atoms with Gasteiger partial charge in [0.2, 0.25) is 5.91 Å². The van der Waals surface area contributed by atoms with Gasteiger partial charge in [-0.25, -0.2) is 0 Å². The maximum absolute atomic E-state index is 11.3. The van der Waals surface area contributed by atoms with Crippen LogP contribution in [0.2, 0.25) is 0 Å². The number of amides is 1. The summed E-state index contributed by atoms with van der Waals surface area (Å²) < 4.78 is 11.1. The zero-order chi connectivity index (χ0) is 15.4. The van der Waals surface area contributed by atoms with Crippen LogP contribution in [-0.4, -0.2) is 25.4 Å². The molecule has 3 aliphatic rings. The smallest absolute Gasteiger partial charge is 0.220 e. The third-order valence-electron chi connectivity index (χ3n) is 6.23. The van der Waals surface area contributed by atoms with Gasteiger partial charge in [0, 0.05) is 5.92 Å². The summed E-state index contributed by atoms with van der Waals surface area (Å²) in [6, 6.07) is 0. The molecule has 3 fully saturated rings. The summed E-state index contributed by atoms with van der Waals surface area (Å²) in [5.74, 6) is 2.67. The van der Waals surface area contributed by atoms with E-state index < -0.39 is 0 Å². The van der Waals surface area contributed by atoms with Gasteiger partial charge in [-0.05, 0) is 69.1 Å². The quantitative estimate of drug-likeness (QED) is 0.848. The van der Waals surface area contributed by atoms with Crippen molar-refractivity contribution in [2.75, 3.05) is 13.2 Å². The summed E-state index contributed by atoms with van der Waals surface area (Å²) in [7, 11) is 0. The van der Waals surface area contributed by atoms with Crippen molar-refractivity contribution < 1.29 is 14.3 Å². The molecule has 0 atom stereocenters. The van der Waals surface area contributed by atoms with Crippen molar-refractivity contribution in [2.45, 2.75) is 70.5 Å². The Morgan fingerprint density at radius 1 is 0.818 bits per heavy atom. The molecular weight excluding hydrogens is 278 g/mol. The van der Waals surface area contributed by atoms with E-state index in [4.69, 9.17) is 15.2 Å². The number of hydrogen-bond donors (Lipinski definition) is 1. The number of carbonyl (C=O) groups is 1. The lowest BCUT2D eigenvalue weighted by Crippen LogP contribution is -2.31. The van der Waals surface area contributed by atoms with E-state index in [1.54, 1.807) is 0 Å². The normalized spacial score (nSPS) is 37.3. The molecule has 126 valence electrons. The van der Waals surface area contributed by atoms with Crippen LogP contribution >= 0.6 is 0 Å². The van der Waals surface area contributed by atoms with E-state index in [1.165, 1.54) is 44.9 Å². The predicted molar refractivity (Wildman–Crippen MR) is 85.0 cm³/mol. The molecule has 0 spiro atoms. The molecule has 0 radical (unpaired) electrons. The maximum atomic E-state index is 11.3. The van der Waals surface area contributed by atoms with Crippen LogP contribution in [0.25, 0.3) is 0 Å². The van der Waals surface area contributed by atoms with Crippen molar-refractivity contribution in [2.24, 2.45) is 29.4 Å². The highest BCUT2D eigenvalue weighted by molar-refractivity contribution is 5.76. The van der Waals surface area contributed by atoms with Crippen molar-refractivity contribution in [1.29, 1.82) is 0 Å².